The zero-order valence-corrected chi connectivity index (χ0v) is 11.4. The fourth-order valence-electron chi connectivity index (χ4n) is 1.55. The Balaban J connectivity index is 2.11. The number of benzene rings is 1. The zero-order valence-electron chi connectivity index (χ0n) is 11.4. The van der Waals surface area contributed by atoms with E-state index in [9.17, 15) is 4.79 Å². The van der Waals surface area contributed by atoms with Crippen LogP contribution >= 0.6 is 0 Å². The van der Waals surface area contributed by atoms with E-state index in [0.29, 0.717) is 19.4 Å². The molecular formula is C17H20O2. The van der Waals surface area contributed by atoms with Crippen LogP contribution in [0.4, 0.5) is 0 Å². The number of hydrogen-bond acceptors (Lipinski definition) is 2. The molecule has 0 aliphatic rings. The van der Waals surface area contributed by atoms with Crippen LogP contribution in [-0.4, -0.2) is 12.6 Å². The highest BCUT2D eigenvalue weighted by molar-refractivity contribution is 5.71. The molecule has 1 rings (SSSR count). The second-order valence-electron chi connectivity index (χ2n) is 4.02. The molecule has 19 heavy (non-hydrogen) atoms. The Kier molecular flexibility index (Phi) is 7.89. The van der Waals surface area contributed by atoms with E-state index in [-0.39, 0.29) is 5.97 Å². The molecule has 0 bridgehead atoms. The summed E-state index contributed by atoms with van der Waals surface area (Å²) in [4.78, 5) is 11.0. The SMILES string of the molecule is CCOC(=O)C/C=C/CC#CCCc1ccccc1. The number of carbonyl (C=O) groups excluding carboxylic acids is 1. The minimum Gasteiger partial charge on any atom is -0.466 e. The number of hydrogen-bond donors (Lipinski definition) is 0. The van der Waals surface area contributed by atoms with E-state index < -0.39 is 0 Å². The molecule has 0 saturated carbocycles. The number of aryl methyl sites for hydroxylation is 1. The first kappa shape index (κ1) is 15.0. The molecule has 0 fully saturated rings. The molecule has 0 spiro atoms. The first-order chi connectivity index (χ1) is 9.33. The maximum atomic E-state index is 11.0. The topological polar surface area (TPSA) is 26.3 Å². The van der Waals surface area contributed by atoms with Crippen molar-refractivity contribution in [3.8, 4) is 11.8 Å². The van der Waals surface area contributed by atoms with Gasteiger partial charge in [-0.1, -0.05) is 48.4 Å². The highest BCUT2D eigenvalue weighted by atomic mass is 16.5. The summed E-state index contributed by atoms with van der Waals surface area (Å²) < 4.78 is 4.81. The van der Waals surface area contributed by atoms with Crippen LogP contribution in [-0.2, 0) is 16.0 Å². The van der Waals surface area contributed by atoms with Crippen molar-refractivity contribution < 1.29 is 9.53 Å². The molecule has 0 unspecified atom stereocenters. The first-order valence-corrected chi connectivity index (χ1v) is 6.63. The van der Waals surface area contributed by atoms with Gasteiger partial charge in [0.25, 0.3) is 0 Å². The fraction of sp³-hybridized carbons (Fsp3) is 0.353. The van der Waals surface area contributed by atoms with Crippen molar-refractivity contribution in [3.63, 3.8) is 0 Å². The standard InChI is InChI=1S/C17H20O2/c1-2-19-17(18)15-11-6-4-3-5-8-12-16-13-9-7-10-14-16/h6-7,9-11,13-14H,2,4,8,12,15H2,1H3/b11-6+. The molecule has 0 aliphatic carbocycles. The third-order valence-corrected chi connectivity index (χ3v) is 2.48. The van der Waals surface area contributed by atoms with Gasteiger partial charge in [0.2, 0.25) is 0 Å². The average molecular weight is 256 g/mol. The van der Waals surface area contributed by atoms with Gasteiger partial charge in [0, 0.05) is 12.8 Å². The summed E-state index contributed by atoms with van der Waals surface area (Å²) >= 11 is 0. The minimum atomic E-state index is -0.184. The van der Waals surface area contributed by atoms with E-state index >= 15 is 0 Å². The second-order valence-corrected chi connectivity index (χ2v) is 4.02. The third kappa shape index (κ3) is 7.83. The van der Waals surface area contributed by atoms with Crippen LogP contribution in [0, 0.1) is 11.8 Å². The van der Waals surface area contributed by atoms with Crippen molar-refractivity contribution in [2.24, 2.45) is 0 Å². The summed E-state index contributed by atoms with van der Waals surface area (Å²) in [5.74, 6) is 6.02. The quantitative estimate of drug-likeness (QED) is 0.442. The van der Waals surface area contributed by atoms with Gasteiger partial charge in [-0.3, -0.25) is 4.79 Å². The second kappa shape index (κ2) is 9.96. The maximum Gasteiger partial charge on any atom is 0.309 e. The van der Waals surface area contributed by atoms with E-state index in [4.69, 9.17) is 4.74 Å². The average Bonchev–Trinajstić information content (AvgIpc) is 2.43. The maximum absolute atomic E-state index is 11.0. The Morgan fingerprint density at radius 1 is 1.21 bits per heavy atom. The summed E-state index contributed by atoms with van der Waals surface area (Å²) in [5, 5.41) is 0. The van der Waals surface area contributed by atoms with Gasteiger partial charge in [0.15, 0.2) is 0 Å². The van der Waals surface area contributed by atoms with Crippen molar-refractivity contribution in [2.45, 2.75) is 32.6 Å². The number of allylic oxidation sites excluding steroid dienone is 1. The molecule has 0 aromatic heterocycles. The van der Waals surface area contributed by atoms with Crippen LogP contribution in [0.3, 0.4) is 0 Å². The molecule has 1 aromatic carbocycles. The molecule has 2 nitrogen and oxygen atoms in total. The molecule has 1 aromatic rings. The Labute approximate surface area is 115 Å². The number of esters is 1. The largest absolute Gasteiger partial charge is 0.466 e. The van der Waals surface area contributed by atoms with Gasteiger partial charge in [-0.15, -0.1) is 5.92 Å². The van der Waals surface area contributed by atoms with Crippen LogP contribution in [0.2, 0.25) is 0 Å². The zero-order chi connectivity index (χ0) is 13.8. The molecule has 0 N–H and O–H groups in total. The Hall–Kier alpha value is -2.01. The molecule has 0 atom stereocenters. The van der Waals surface area contributed by atoms with Crippen LogP contribution in [0.15, 0.2) is 42.5 Å². The van der Waals surface area contributed by atoms with E-state index in [1.807, 2.05) is 30.4 Å². The van der Waals surface area contributed by atoms with Crippen LogP contribution < -0.4 is 0 Å². The van der Waals surface area contributed by atoms with Crippen molar-refractivity contribution in [1.29, 1.82) is 0 Å². The predicted octanol–water partition coefficient (Wildman–Crippen LogP) is 3.52. The Morgan fingerprint density at radius 2 is 2.00 bits per heavy atom. The number of rotatable bonds is 6. The normalized spacial score (nSPS) is 9.95. The van der Waals surface area contributed by atoms with Crippen molar-refractivity contribution in [1.82, 2.24) is 0 Å². The van der Waals surface area contributed by atoms with Crippen molar-refractivity contribution in [3.05, 3.63) is 48.0 Å². The van der Waals surface area contributed by atoms with E-state index in [0.717, 1.165) is 12.8 Å². The Bertz CT molecular complexity index is 449. The van der Waals surface area contributed by atoms with Crippen LogP contribution in [0.25, 0.3) is 0 Å². The molecular weight excluding hydrogens is 236 g/mol. The van der Waals surface area contributed by atoms with Gasteiger partial charge >= 0.3 is 5.97 Å². The van der Waals surface area contributed by atoms with E-state index in [1.165, 1.54) is 5.56 Å². The van der Waals surface area contributed by atoms with Crippen molar-refractivity contribution in [2.75, 3.05) is 6.61 Å². The summed E-state index contributed by atoms with van der Waals surface area (Å²) in [6.07, 6.45) is 6.60. The lowest BCUT2D eigenvalue weighted by atomic mass is 10.1. The van der Waals surface area contributed by atoms with Gasteiger partial charge in [0.1, 0.15) is 0 Å². The first-order valence-electron chi connectivity index (χ1n) is 6.63. The Morgan fingerprint density at radius 3 is 2.74 bits per heavy atom. The fourth-order valence-corrected chi connectivity index (χ4v) is 1.55. The summed E-state index contributed by atoms with van der Waals surface area (Å²) in [6.45, 7) is 2.24. The van der Waals surface area contributed by atoms with Crippen molar-refractivity contribution >= 4 is 5.97 Å². The lowest BCUT2D eigenvalue weighted by Gasteiger charge is -1.95. The predicted molar refractivity (Wildman–Crippen MR) is 77.5 cm³/mol. The summed E-state index contributed by atoms with van der Waals surface area (Å²) in [5.41, 5.74) is 1.31. The molecule has 2 heteroatoms. The minimum absolute atomic E-state index is 0.184. The van der Waals surface area contributed by atoms with Gasteiger partial charge in [-0.2, -0.15) is 0 Å². The molecule has 0 heterocycles. The summed E-state index contributed by atoms with van der Waals surface area (Å²) in [7, 11) is 0. The van der Waals surface area contributed by atoms with Gasteiger partial charge in [-0.25, -0.2) is 0 Å². The monoisotopic (exact) mass is 256 g/mol. The molecule has 100 valence electrons. The van der Waals surface area contributed by atoms with E-state index in [1.54, 1.807) is 6.92 Å². The number of carbonyl (C=O) groups is 1. The van der Waals surface area contributed by atoms with Crippen LogP contribution in [0.5, 0.6) is 0 Å². The lowest BCUT2D eigenvalue weighted by molar-refractivity contribution is -0.142. The molecule has 0 saturated heterocycles. The highest BCUT2D eigenvalue weighted by Crippen LogP contribution is 2.01. The van der Waals surface area contributed by atoms with Crippen LogP contribution in [0.1, 0.15) is 31.7 Å². The van der Waals surface area contributed by atoms with Gasteiger partial charge in [-0.05, 0) is 18.9 Å². The summed E-state index contributed by atoms with van der Waals surface area (Å²) in [6, 6.07) is 10.3. The highest BCUT2D eigenvalue weighted by Gasteiger charge is 1.94. The number of ether oxygens (including phenoxy) is 1. The molecule has 0 aliphatic heterocycles. The van der Waals surface area contributed by atoms with Gasteiger partial charge < -0.3 is 4.74 Å². The molecule has 0 radical (unpaired) electrons. The lowest BCUT2D eigenvalue weighted by Crippen LogP contribution is -2.01. The molecule has 0 amide bonds. The third-order valence-electron chi connectivity index (χ3n) is 2.48. The van der Waals surface area contributed by atoms with E-state index in [2.05, 4.69) is 24.0 Å². The van der Waals surface area contributed by atoms with Gasteiger partial charge in [0.05, 0.1) is 13.0 Å². The smallest absolute Gasteiger partial charge is 0.309 e.